The summed E-state index contributed by atoms with van der Waals surface area (Å²) >= 11 is 0. The van der Waals surface area contributed by atoms with Crippen molar-refractivity contribution in [2.75, 3.05) is 62.7 Å². The highest BCUT2D eigenvalue weighted by molar-refractivity contribution is 5.95. The third kappa shape index (κ3) is 5.39. The summed E-state index contributed by atoms with van der Waals surface area (Å²) in [6.45, 7) is 6.03. The summed E-state index contributed by atoms with van der Waals surface area (Å²) < 4.78 is 0. The summed E-state index contributed by atoms with van der Waals surface area (Å²) in [4.78, 5) is 45.1. The number of ketones is 1. The van der Waals surface area contributed by atoms with E-state index < -0.39 is 0 Å². The van der Waals surface area contributed by atoms with Gasteiger partial charge in [0.25, 0.3) is 0 Å². The van der Waals surface area contributed by atoms with Crippen LogP contribution in [-0.2, 0) is 9.59 Å². The summed E-state index contributed by atoms with van der Waals surface area (Å²) in [6, 6.07) is 14.2. The largest absolute Gasteiger partial charge is 0.508 e. The summed E-state index contributed by atoms with van der Waals surface area (Å²) in [5.41, 5.74) is 2.51. The van der Waals surface area contributed by atoms with E-state index in [0.717, 1.165) is 37.4 Å². The van der Waals surface area contributed by atoms with Crippen LogP contribution < -0.4 is 9.80 Å². The van der Waals surface area contributed by atoms with Crippen molar-refractivity contribution in [3.05, 3.63) is 54.1 Å². The predicted octanol–water partition coefficient (Wildman–Crippen LogP) is 2.23. The summed E-state index contributed by atoms with van der Waals surface area (Å²) in [5, 5.41) is 9.46. The third-order valence-corrected chi connectivity index (χ3v) is 6.82. The number of nitrogens with zero attached hydrogens (tertiary/aromatic N) is 4. The molecule has 2 saturated heterocycles. The first kappa shape index (κ1) is 23.8. The smallest absolute Gasteiger partial charge is 0.236 e. The van der Waals surface area contributed by atoms with Crippen molar-refractivity contribution in [1.82, 2.24) is 9.80 Å². The van der Waals surface area contributed by atoms with E-state index in [2.05, 4.69) is 9.80 Å². The maximum Gasteiger partial charge on any atom is 0.236 e. The summed E-state index contributed by atoms with van der Waals surface area (Å²) in [6.07, 6.45) is 0.735. The van der Waals surface area contributed by atoms with Crippen LogP contribution in [0, 0.1) is 5.92 Å². The van der Waals surface area contributed by atoms with Crippen LogP contribution in [0.2, 0.25) is 0 Å². The lowest BCUT2D eigenvalue weighted by atomic mass is 10.1. The monoisotopic (exact) mass is 464 g/mol. The highest BCUT2D eigenvalue weighted by Gasteiger charge is 2.32. The Morgan fingerprint density at radius 3 is 2.21 bits per heavy atom. The van der Waals surface area contributed by atoms with Crippen LogP contribution >= 0.6 is 0 Å². The van der Waals surface area contributed by atoms with Gasteiger partial charge in [0.1, 0.15) is 5.75 Å². The van der Waals surface area contributed by atoms with Crippen LogP contribution in [0.15, 0.2) is 48.5 Å². The summed E-state index contributed by atoms with van der Waals surface area (Å²) in [5.74, 6) is 0.222. The molecule has 2 aliphatic rings. The van der Waals surface area contributed by atoms with Crippen LogP contribution in [0.4, 0.5) is 11.4 Å². The SMILES string of the molecule is CC(=O)c1ccc(N2CCN(C(=O)CN3CC[C@@H](C(=O)N(C)c4ccc(O)cc4)C3)CC2)cc1. The molecule has 8 nitrogen and oxygen atoms in total. The second-order valence-electron chi connectivity index (χ2n) is 9.11. The molecule has 2 aliphatic heterocycles. The van der Waals surface area contributed by atoms with Crippen molar-refractivity contribution >= 4 is 29.0 Å². The average Bonchev–Trinajstić information content (AvgIpc) is 3.32. The fourth-order valence-corrected chi connectivity index (χ4v) is 4.67. The zero-order valence-corrected chi connectivity index (χ0v) is 19.8. The van der Waals surface area contributed by atoms with E-state index in [1.807, 2.05) is 29.2 Å². The van der Waals surface area contributed by atoms with Gasteiger partial charge in [0, 0.05) is 56.7 Å². The predicted molar refractivity (Wildman–Crippen MR) is 131 cm³/mol. The minimum absolute atomic E-state index is 0.0324. The minimum atomic E-state index is -0.138. The van der Waals surface area contributed by atoms with Crippen LogP contribution in [0.1, 0.15) is 23.7 Å². The van der Waals surface area contributed by atoms with Crippen LogP contribution in [0.5, 0.6) is 5.75 Å². The number of Topliss-reactive ketones (excluding diaryl/α,β-unsaturated/α-hetero) is 1. The second kappa shape index (κ2) is 10.3. The van der Waals surface area contributed by atoms with Crippen molar-refractivity contribution in [3.63, 3.8) is 0 Å². The van der Waals surface area contributed by atoms with Gasteiger partial charge in [0.05, 0.1) is 12.5 Å². The molecule has 0 aliphatic carbocycles. The van der Waals surface area contributed by atoms with E-state index in [0.29, 0.717) is 31.7 Å². The standard InChI is InChI=1S/C26H32N4O4/c1-19(31)20-3-5-23(6-4-20)29-13-15-30(16-14-29)25(33)18-28-12-11-21(17-28)26(34)27(2)22-7-9-24(32)10-8-22/h3-10,21,32H,11-18H2,1-2H3/t21-/m1/s1. The van der Waals surface area contributed by atoms with E-state index in [1.54, 1.807) is 43.1 Å². The van der Waals surface area contributed by atoms with Crippen molar-refractivity contribution in [2.45, 2.75) is 13.3 Å². The number of benzene rings is 2. The van der Waals surface area contributed by atoms with Gasteiger partial charge >= 0.3 is 0 Å². The number of aromatic hydroxyl groups is 1. The Morgan fingerprint density at radius 2 is 1.59 bits per heavy atom. The van der Waals surface area contributed by atoms with Gasteiger partial charge in [-0.1, -0.05) is 0 Å². The molecule has 0 unspecified atom stereocenters. The first-order valence-electron chi connectivity index (χ1n) is 11.7. The molecule has 0 radical (unpaired) electrons. The van der Waals surface area contributed by atoms with Crippen molar-refractivity contribution in [2.24, 2.45) is 5.92 Å². The molecule has 1 atom stereocenters. The number of likely N-dealkylation sites (tertiary alicyclic amines) is 1. The lowest BCUT2D eigenvalue weighted by molar-refractivity contribution is -0.132. The normalized spacial score (nSPS) is 18.7. The maximum absolute atomic E-state index is 12.9. The number of anilines is 2. The van der Waals surface area contributed by atoms with Gasteiger partial charge in [-0.05, 0) is 68.4 Å². The van der Waals surface area contributed by atoms with E-state index in [9.17, 15) is 19.5 Å². The Balaban J connectivity index is 1.24. The Kier molecular flexibility index (Phi) is 7.17. The number of hydrogen-bond acceptors (Lipinski definition) is 6. The fourth-order valence-electron chi connectivity index (χ4n) is 4.67. The molecule has 180 valence electrons. The molecule has 4 rings (SSSR count). The van der Waals surface area contributed by atoms with Crippen LogP contribution in [0.25, 0.3) is 0 Å². The number of piperazine rings is 1. The van der Waals surface area contributed by atoms with E-state index >= 15 is 0 Å². The number of hydrogen-bond donors (Lipinski definition) is 1. The minimum Gasteiger partial charge on any atom is -0.508 e. The topological polar surface area (TPSA) is 84.4 Å². The maximum atomic E-state index is 12.9. The number of amides is 2. The van der Waals surface area contributed by atoms with Crippen LogP contribution in [-0.4, -0.2) is 85.4 Å². The zero-order chi connectivity index (χ0) is 24.2. The molecule has 0 bridgehead atoms. The average molecular weight is 465 g/mol. The number of carbonyl (C=O) groups is 3. The Hall–Kier alpha value is -3.39. The van der Waals surface area contributed by atoms with E-state index in [4.69, 9.17) is 0 Å². The molecule has 2 aromatic carbocycles. The molecule has 1 N–H and O–H groups in total. The number of carbonyl (C=O) groups excluding carboxylic acids is 3. The van der Waals surface area contributed by atoms with Crippen molar-refractivity contribution in [3.8, 4) is 5.75 Å². The highest BCUT2D eigenvalue weighted by atomic mass is 16.3. The molecule has 2 heterocycles. The van der Waals surface area contributed by atoms with Gasteiger partial charge in [0.2, 0.25) is 11.8 Å². The Labute approximate surface area is 200 Å². The van der Waals surface area contributed by atoms with Gasteiger partial charge in [0.15, 0.2) is 5.78 Å². The number of rotatable bonds is 6. The molecule has 2 amide bonds. The molecule has 34 heavy (non-hydrogen) atoms. The lowest BCUT2D eigenvalue weighted by Gasteiger charge is -2.36. The second-order valence-corrected chi connectivity index (χ2v) is 9.11. The molecular formula is C26H32N4O4. The summed E-state index contributed by atoms with van der Waals surface area (Å²) in [7, 11) is 1.75. The Morgan fingerprint density at radius 1 is 0.941 bits per heavy atom. The van der Waals surface area contributed by atoms with Crippen molar-refractivity contribution in [1.29, 1.82) is 0 Å². The van der Waals surface area contributed by atoms with E-state index in [-0.39, 0.29) is 29.3 Å². The van der Waals surface area contributed by atoms with E-state index in [1.165, 1.54) is 0 Å². The zero-order valence-electron chi connectivity index (χ0n) is 19.8. The van der Waals surface area contributed by atoms with Gasteiger partial charge in [-0.2, -0.15) is 0 Å². The van der Waals surface area contributed by atoms with Crippen LogP contribution in [0.3, 0.4) is 0 Å². The van der Waals surface area contributed by atoms with Gasteiger partial charge in [-0.25, -0.2) is 0 Å². The first-order chi connectivity index (χ1) is 16.3. The molecule has 2 aromatic rings. The quantitative estimate of drug-likeness (QED) is 0.660. The molecule has 0 saturated carbocycles. The number of phenolic OH excluding ortho intramolecular Hbond substituents is 1. The van der Waals surface area contributed by atoms with Gasteiger partial charge < -0.3 is 19.8 Å². The fraction of sp³-hybridized carbons (Fsp3) is 0.423. The molecule has 2 fully saturated rings. The number of phenols is 1. The Bertz CT molecular complexity index is 1030. The molecule has 0 spiro atoms. The van der Waals surface area contributed by atoms with Crippen molar-refractivity contribution < 1.29 is 19.5 Å². The van der Waals surface area contributed by atoms with Gasteiger partial charge in [-0.15, -0.1) is 0 Å². The first-order valence-corrected chi connectivity index (χ1v) is 11.7. The third-order valence-electron chi connectivity index (χ3n) is 6.82. The highest BCUT2D eigenvalue weighted by Crippen LogP contribution is 2.24. The lowest BCUT2D eigenvalue weighted by Crippen LogP contribution is -2.51. The molecule has 8 heteroatoms. The molecule has 0 aromatic heterocycles. The molecular weight excluding hydrogens is 432 g/mol. The van der Waals surface area contributed by atoms with Gasteiger partial charge in [-0.3, -0.25) is 19.3 Å².